The largest absolute Gasteiger partial charge is 0.492 e. The molecule has 1 amide bonds. The third-order valence-electron chi connectivity index (χ3n) is 6.90. The number of nitrogens with zero attached hydrogens (tertiary/aromatic N) is 3. The molecule has 1 atom stereocenters. The third-order valence-corrected chi connectivity index (χ3v) is 7.95. The van der Waals surface area contributed by atoms with Crippen LogP contribution < -0.4 is 14.8 Å². The number of carbonyl (C=O) groups is 1. The summed E-state index contributed by atoms with van der Waals surface area (Å²) in [5.41, 5.74) is 2.54. The van der Waals surface area contributed by atoms with Gasteiger partial charge in [-0.15, -0.1) is 0 Å². The zero-order valence-electron chi connectivity index (χ0n) is 23.3. The molecule has 0 spiro atoms. The van der Waals surface area contributed by atoms with Gasteiger partial charge in [0, 0.05) is 54.7 Å². The Morgan fingerprint density at radius 2 is 2.00 bits per heavy atom. The van der Waals surface area contributed by atoms with Crippen LogP contribution in [0.25, 0.3) is 33.1 Å². The summed E-state index contributed by atoms with van der Waals surface area (Å²) in [5.74, 6) is -0.529. The van der Waals surface area contributed by atoms with Gasteiger partial charge < -0.3 is 19.5 Å². The van der Waals surface area contributed by atoms with Crippen molar-refractivity contribution in [2.24, 2.45) is 0 Å². The van der Waals surface area contributed by atoms with Crippen molar-refractivity contribution in [1.82, 2.24) is 20.3 Å². The van der Waals surface area contributed by atoms with E-state index in [4.69, 9.17) is 19.2 Å². The number of pyridine rings is 3. The number of benzene rings is 2. The first kappa shape index (κ1) is 28.8. The fourth-order valence-corrected chi connectivity index (χ4v) is 5.72. The molecule has 3 aromatic heterocycles. The van der Waals surface area contributed by atoms with Crippen LogP contribution in [0.15, 0.2) is 71.9 Å². The van der Waals surface area contributed by atoms with Crippen molar-refractivity contribution in [3.05, 3.63) is 84.1 Å². The van der Waals surface area contributed by atoms with E-state index in [0.717, 1.165) is 51.8 Å². The number of amides is 1. The van der Waals surface area contributed by atoms with E-state index < -0.39 is 17.2 Å². The van der Waals surface area contributed by atoms with Gasteiger partial charge in [-0.25, -0.2) is 13.8 Å². The monoisotopic (exact) mass is 602 g/mol. The number of para-hydroxylation sites is 1. The highest BCUT2D eigenvalue weighted by Crippen LogP contribution is 2.39. The smallest absolute Gasteiger partial charge is 0.251 e. The van der Waals surface area contributed by atoms with Crippen molar-refractivity contribution in [3.63, 3.8) is 0 Å². The van der Waals surface area contributed by atoms with Crippen molar-refractivity contribution in [2.75, 3.05) is 26.9 Å². The maximum atomic E-state index is 14.6. The lowest BCUT2D eigenvalue weighted by Crippen LogP contribution is -2.23. The highest BCUT2D eigenvalue weighted by molar-refractivity contribution is 7.99. The van der Waals surface area contributed by atoms with E-state index in [1.54, 1.807) is 25.6 Å². The predicted octanol–water partition coefficient (Wildman–Crippen LogP) is 6.50. The van der Waals surface area contributed by atoms with Crippen molar-refractivity contribution >= 4 is 39.5 Å². The highest BCUT2D eigenvalue weighted by Gasteiger charge is 2.23. The van der Waals surface area contributed by atoms with Gasteiger partial charge in [-0.3, -0.25) is 14.8 Å². The molecule has 1 N–H and O–H groups in total. The maximum absolute atomic E-state index is 14.6. The second-order valence-electron chi connectivity index (χ2n) is 9.94. The Morgan fingerprint density at radius 1 is 1.09 bits per heavy atom. The SMILES string of the molecule is COCCCOc1cnc2c(-c3ccc4cnc(CNC(=O)c5cc(F)c6c(c5)SC(F)CCO6)cc4n3)cccc2c1. The Labute approximate surface area is 250 Å². The van der Waals surface area contributed by atoms with Crippen molar-refractivity contribution in [2.45, 2.75) is 29.8 Å². The fourth-order valence-electron chi connectivity index (χ4n) is 4.77. The minimum absolute atomic E-state index is 0.0205. The van der Waals surface area contributed by atoms with Crippen LogP contribution in [0.5, 0.6) is 11.5 Å². The number of carbonyl (C=O) groups excluding carboxylic acids is 1. The highest BCUT2D eigenvalue weighted by atomic mass is 32.2. The van der Waals surface area contributed by atoms with Crippen molar-refractivity contribution in [1.29, 1.82) is 0 Å². The van der Waals surface area contributed by atoms with Crippen LogP contribution in [0.1, 0.15) is 28.9 Å². The lowest BCUT2D eigenvalue weighted by atomic mass is 10.1. The Bertz CT molecular complexity index is 1810. The zero-order valence-corrected chi connectivity index (χ0v) is 24.1. The Balaban J connectivity index is 1.20. The molecule has 4 heterocycles. The first-order valence-corrected chi connectivity index (χ1v) is 14.7. The topological polar surface area (TPSA) is 95.5 Å². The number of hydrogen-bond donors (Lipinski definition) is 1. The van der Waals surface area contributed by atoms with Crippen molar-refractivity contribution < 1.29 is 27.8 Å². The van der Waals surface area contributed by atoms with Gasteiger partial charge in [-0.05, 0) is 36.4 Å². The van der Waals surface area contributed by atoms with Gasteiger partial charge in [-0.2, -0.15) is 0 Å². The fraction of sp³-hybridized carbons (Fsp3) is 0.250. The number of thioether (sulfide) groups is 1. The molecule has 2 aromatic carbocycles. The normalized spacial score (nSPS) is 14.6. The number of alkyl halides is 1. The average molecular weight is 603 g/mol. The standard InChI is InChI=1S/C32H28F2N4O4S/c1-40-9-3-10-41-23-12-19-4-2-5-24(30(19)36-18-23)26-7-6-20-16-35-22(15-27(20)38-26)17-37-32(39)21-13-25(33)31-28(14-21)43-29(34)8-11-42-31/h2,4-7,12-16,18,29H,3,8-11,17H2,1H3,(H,37,39). The third kappa shape index (κ3) is 6.52. The number of nitrogens with one attached hydrogen (secondary N) is 1. The van der Waals surface area contributed by atoms with Crippen LogP contribution in [0.3, 0.4) is 0 Å². The van der Waals surface area contributed by atoms with Gasteiger partial charge in [0.2, 0.25) is 0 Å². The Kier molecular flexibility index (Phi) is 8.62. The molecule has 8 nitrogen and oxygen atoms in total. The quantitative estimate of drug-likeness (QED) is 0.191. The number of fused-ring (bicyclic) bond motifs is 3. The zero-order chi connectivity index (χ0) is 29.8. The number of hydrogen-bond acceptors (Lipinski definition) is 8. The molecule has 0 saturated heterocycles. The van der Waals surface area contributed by atoms with Gasteiger partial charge >= 0.3 is 0 Å². The summed E-state index contributed by atoms with van der Waals surface area (Å²) in [4.78, 5) is 27.1. The molecule has 0 bridgehead atoms. The van der Waals surface area contributed by atoms with Crippen LogP contribution >= 0.6 is 11.8 Å². The Hall–Kier alpha value is -4.35. The second-order valence-corrected chi connectivity index (χ2v) is 11.1. The van der Waals surface area contributed by atoms with E-state index in [2.05, 4.69) is 15.3 Å². The van der Waals surface area contributed by atoms with Crippen LogP contribution in [-0.2, 0) is 11.3 Å². The number of methoxy groups -OCH3 is 1. The van der Waals surface area contributed by atoms with Gasteiger partial charge in [0.05, 0.1) is 53.3 Å². The lowest BCUT2D eigenvalue weighted by molar-refractivity contribution is 0.0949. The summed E-state index contributed by atoms with van der Waals surface area (Å²) < 4.78 is 44.9. The molecule has 0 fully saturated rings. The summed E-state index contributed by atoms with van der Waals surface area (Å²) >= 11 is 0.852. The van der Waals surface area contributed by atoms with E-state index >= 15 is 0 Å². The van der Waals surface area contributed by atoms with Gasteiger partial charge in [0.25, 0.3) is 5.91 Å². The molecule has 1 unspecified atom stereocenters. The minimum atomic E-state index is -1.23. The second kappa shape index (κ2) is 12.9. The first-order chi connectivity index (χ1) is 21.0. The molecule has 0 aliphatic carbocycles. The molecule has 43 heavy (non-hydrogen) atoms. The molecule has 6 rings (SSSR count). The summed E-state index contributed by atoms with van der Waals surface area (Å²) in [5, 5.41) is 4.54. The predicted molar refractivity (Wildman–Crippen MR) is 161 cm³/mol. The maximum Gasteiger partial charge on any atom is 0.251 e. The summed E-state index contributed by atoms with van der Waals surface area (Å²) in [6.07, 6.45) is 4.34. The molecule has 1 aliphatic heterocycles. The van der Waals surface area contributed by atoms with E-state index in [0.29, 0.717) is 30.2 Å². The van der Waals surface area contributed by atoms with Crippen LogP contribution in [-0.4, -0.2) is 53.3 Å². The number of rotatable bonds is 9. The molecule has 5 aromatic rings. The summed E-state index contributed by atoms with van der Waals surface area (Å²) in [7, 11) is 1.66. The van der Waals surface area contributed by atoms with E-state index in [-0.39, 0.29) is 35.8 Å². The lowest BCUT2D eigenvalue weighted by Gasteiger charge is -2.11. The molecular weight excluding hydrogens is 574 g/mol. The summed E-state index contributed by atoms with van der Waals surface area (Å²) in [6.45, 7) is 1.35. The Morgan fingerprint density at radius 3 is 2.88 bits per heavy atom. The molecule has 220 valence electrons. The van der Waals surface area contributed by atoms with Crippen LogP contribution in [0.2, 0.25) is 0 Å². The van der Waals surface area contributed by atoms with E-state index in [1.807, 2.05) is 36.4 Å². The van der Waals surface area contributed by atoms with Crippen LogP contribution in [0, 0.1) is 5.82 Å². The van der Waals surface area contributed by atoms with Gasteiger partial charge in [-0.1, -0.05) is 30.0 Å². The number of aromatic nitrogens is 3. The molecule has 1 aliphatic rings. The molecule has 11 heteroatoms. The van der Waals surface area contributed by atoms with Gasteiger partial charge in [0.15, 0.2) is 17.1 Å². The van der Waals surface area contributed by atoms with Crippen molar-refractivity contribution in [3.8, 4) is 22.8 Å². The minimum Gasteiger partial charge on any atom is -0.492 e. The van der Waals surface area contributed by atoms with Crippen LogP contribution in [0.4, 0.5) is 8.78 Å². The number of halogens is 2. The number of ether oxygens (including phenoxy) is 3. The van der Waals surface area contributed by atoms with E-state index in [9.17, 15) is 13.6 Å². The first-order valence-electron chi connectivity index (χ1n) is 13.8. The molecular formula is C32H28F2N4O4S. The molecule has 0 saturated carbocycles. The summed E-state index contributed by atoms with van der Waals surface area (Å²) in [6, 6.07) is 16.1. The molecule has 0 radical (unpaired) electrons. The van der Waals surface area contributed by atoms with Gasteiger partial charge in [0.1, 0.15) is 5.75 Å². The van der Waals surface area contributed by atoms with E-state index in [1.165, 1.54) is 6.07 Å². The average Bonchev–Trinajstić information content (AvgIpc) is 3.22.